The smallest absolute Gasteiger partial charge is 0.303 e. The van der Waals surface area contributed by atoms with Crippen molar-refractivity contribution in [3.8, 4) is 0 Å². The van der Waals surface area contributed by atoms with Gasteiger partial charge in [-0.05, 0) is 69.8 Å². The van der Waals surface area contributed by atoms with Crippen LogP contribution in [-0.2, 0) is 57.5 Å². The van der Waals surface area contributed by atoms with Crippen molar-refractivity contribution in [1.29, 1.82) is 0 Å². The number of hydrogen-bond donors (Lipinski definition) is 11. The Morgan fingerprint density at radius 3 is 1.67 bits per heavy atom. The molecule has 0 radical (unpaired) electrons. The molecular formula is C40H63N11O14S. The van der Waals surface area contributed by atoms with E-state index in [0.29, 0.717) is 12.8 Å². The number of amides is 11. The largest absolute Gasteiger partial charge is 0.481 e. The molecule has 3 aliphatic heterocycles. The Hall–Kier alpha value is -6.05. The van der Waals surface area contributed by atoms with E-state index in [9.17, 15) is 67.7 Å². The number of carboxylic acids is 1. The lowest BCUT2D eigenvalue weighted by atomic mass is 10.0. The third-order valence-corrected chi connectivity index (χ3v) is 11.9. The van der Waals surface area contributed by atoms with Crippen LogP contribution in [0.3, 0.4) is 0 Å². The number of nitrogens with two attached hydrogens (primary N) is 2. The van der Waals surface area contributed by atoms with Gasteiger partial charge in [-0.3, -0.25) is 57.5 Å². The molecule has 11 amide bonds. The van der Waals surface area contributed by atoms with Gasteiger partial charge in [0.25, 0.3) is 0 Å². The maximum atomic E-state index is 14.1. The lowest BCUT2D eigenvalue weighted by Crippen LogP contribution is -2.62. The maximum Gasteiger partial charge on any atom is 0.303 e. The summed E-state index contributed by atoms with van der Waals surface area (Å²) >= 11 is 1.29. The summed E-state index contributed by atoms with van der Waals surface area (Å²) < 4.78 is 0. The highest BCUT2D eigenvalue weighted by molar-refractivity contribution is 7.98. The molecule has 0 aromatic rings. The Morgan fingerprint density at radius 2 is 1.14 bits per heavy atom. The summed E-state index contributed by atoms with van der Waals surface area (Å²) in [6, 6.07) is -11.6. The van der Waals surface area contributed by atoms with Gasteiger partial charge in [0.15, 0.2) is 0 Å². The molecule has 26 heteroatoms. The van der Waals surface area contributed by atoms with Crippen LogP contribution in [0.1, 0.15) is 85.0 Å². The molecule has 0 spiro atoms. The average Bonchev–Trinajstić information content (AvgIpc) is 3.95. The number of thioether (sulfide) groups is 1. The van der Waals surface area contributed by atoms with Crippen LogP contribution >= 0.6 is 11.8 Å². The number of aliphatic hydroxyl groups is 1. The van der Waals surface area contributed by atoms with Crippen LogP contribution in [0.15, 0.2) is 0 Å². The van der Waals surface area contributed by atoms with Crippen LogP contribution in [0, 0.1) is 5.92 Å². The zero-order valence-corrected chi connectivity index (χ0v) is 38.2. The summed E-state index contributed by atoms with van der Waals surface area (Å²) in [4.78, 5) is 162. The zero-order chi connectivity index (χ0) is 49.4. The molecule has 9 atom stereocenters. The molecule has 0 bridgehead atoms. The number of fused-ring (bicyclic) bond motifs is 2. The second-order valence-electron chi connectivity index (χ2n) is 16.7. The first-order chi connectivity index (χ1) is 31.0. The Labute approximate surface area is 385 Å². The molecule has 3 saturated heterocycles. The zero-order valence-electron chi connectivity index (χ0n) is 37.4. The summed E-state index contributed by atoms with van der Waals surface area (Å²) in [6.45, 7) is 3.65. The second-order valence-corrected chi connectivity index (χ2v) is 17.7. The molecule has 0 aromatic carbocycles. The Kier molecular flexibility index (Phi) is 21.0. The number of primary amides is 2. The van der Waals surface area contributed by atoms with Gasteiger partial charge in [0.05, 0.1) is 19.1 Å². The van der Waals surface area contributed by atoms with Gasteiger partial charge in [-0.25, -0.2) is 0 Å². The number of aliphatic carboxylic acids is 1. The number of carbonyl (C=O) groups excluding carboxylic acids is 11. The quantitative estimate of drug-likeness (QED) is 0.0822. The monoisotopic (exact) mass is 953 g/mol. The topological polar surface area (TPSA) is 388 Å². The fourth-order valence-corrected chi connectivity index (χ4v) is 8.22. The van der Waals surface area contributed by atoms with E-state index in [1.165, 1.54) is 18.7 Å². The molecule has 3 aliphatic rings. The van der Waals surface area contributed by atoms with E-state index in [2.05, 4.69) is 37.2 Å². The number of nitrogens with zero attached hydrogens (tertiary/aromatic N) is 2. The minimum Gasteiger partial charge on any atom is -0.481 e. The molecule has 3 fully saturated rings. The summed E-state index contributed by atoms with van der Waals surface area (Å²) in [7, 11) is 0. The summed E-state index contributed by atoms with van der Waals surface area (Å²) in [6.07, 6.45) is -1.77. The highest BCUT2D eigenvalue weighted by Crippen LogP contribution is 2.22. The van der Waals surface area contributed by atoms with Crippen LogP contribution in [0.5, 0.6) is 0 Å². The first-order valence-electron chi connectivity index (χ1n) is 21.7. The summed E-state index contributed by atoms with van der Waals surface area (Å²) in [5.74, 6) is -11.8. The molecule has 3 heterocycles. The minimum atomic E-state index is -1.67. The molecular weight excluding hydrogens is 891 g/mol. The highest BCUT2D eigenvalue weighted by Gasteiger charge is 2.43. The van der Waals surface area contributed by atoms with Crippen molar-refractivity contribution in [3.63, 3.8) is 0 Å². The number of carboxylic acid groups (broad SMARTS) is 1. The first kappa shape index (κ1) is 54.3. The summed E-state index contributed by atoms with van der Waals surface area (Å²) in [5.41, 5.74) is 10.8. The van der Waals surface area contributed by atoms with Crippen molar-refractivity contribution >= 4 is 82.7 Å². The van der Waals surface area contributed by atoms with Crippen molar-refractivity contribution < 1.29 is 67.7 Å². The van der Waals surface area contributed by atoms with Crippen LogP contribution in [-0.4, -0.2) is 177 Å². The van der Waals surface area contributed by atoms with Crippen LogP contribution in [0.4, 0.5) is 0 Å². The van der Waals surface area contributed by atoms with Crippen molar-refractivity contribution in [2.45, 2.75) is 139 Å². The third-order valence-electron chi connectivity index (χ3n) is 11.3. The molecule has 13 N–H and O–H groups in total. The first-order valence-corrected chi connectivity index (χ1v) is 23.1. The average molecular weight is 954 g/mol. The van der Waals surface area contributed by atoms with E-state index in [0.717, 1.165) is 9.80 Å². The number of carbonyl (C=O) groups is 12. The molecule has 25 nitrogen and oxygen atoms in total. The van der Waals surface area contributed by atoms with Gasteiger partial charge < -0.3 is 68.7 Å². The molecule has 0 aliphatic carbocycles. The molecule has 66 heavy (non-hydrogen) atoms. The van der Waals surface area contributed by atoms with Gasteiger partial charge in [-0.1, -0.05) is 13.8 Å². The van der Waals surface area contributed by atoms with Gasteiger partial charge in [0.2, 0.25) is 65.0 Å². The maximum absolute atomic E-state index is 14.1. The molecule has 0 saturated carbocycles. The Bertz CT molecular complexity index is 1870. The fourth-order valence-electron chi connectivity index (χ4n) is 7.75. The van der Waals surface area contributed by atoms with Crippen molar-refractivity contribution in [1.82, 2.24) is 47.0 Å². The van der Waals surface area contributed by atoms with E-state index in [4.69, 9.17) is 11.5 Å². The van der Waals surface area contributed by atoms with E-state index >= 15 is 0 Å². The van der Waals surface area contributed by atoms with Gasteiger partial charge in [0.1, 0.15) is 48.3 Å². The van der Waals surface area contributed by atoms with Crippen molar-refractivity contribution in [2.24, 2.45) is 17.4 Å². The number of hydrogen-bond acceptors (Lipinski definition) is 14. The van der Waals surface area contributed by atoms with Gasteiger partial charge >= 0.3 is 5.97 Å². The van der Waals surface area contributed by atoms with E-state index in [-0.39, 0.29) is 38.1 Å². The van der Waals surface area contributed by atoms with Gasteiger partial charge in [0, 0.05) is 25.9 Å². The van der Waals surface area contributed by atoms with E-state index < -0.39 is 170 Å². The number of nitrogens with one attached hydrogen (secondary N) is 7. The lowest BCUT2D eigenvalue weighted by Gasteiger charge is -2.33. The number of rotatable bonds is 13. The molecule has 0 aromatic heterocycles. The third kappa shape index (κ3) is 15.8. The SMILES string of the molecule is CSCC[C@@H]1NC(=O)[C@H](CCC(=O)O)NC(=O)[C@@H](CCC(N)=O)NC(=O)CNC(=O)[C@@H]2CCCN2C(=O)[C@@H](CC(N)=O)NC(=O)[C@H](C(C)C)NC(=O)[C@@H]2CCCN2C(=O)[C@H]([C@@H](C)O)NC1=O. The van der Waals surface area contributed by atoms with Crippen LogP contribution in [0.2, 0.25) is 0 Å². The standard InChI is InChI=1S/C40H63N11O14S/c1-19(2)31-38(63)47-24(17-28(42)54)39(64)50-14-5-7-25(50)36(61)43-18-29(55)44-21(9-11-27(41)53)33(58)45-22(10-12-30(56)57)34(59)46-23(13-16-66-4)35(60)49-32(20(3)52)40(65)51-15-6-8-26(51)37(62)48-31/h19-26,31-32,52H,5-18H2,1-4H3,(H2,41,53)(H2,42,54)(H,43,61)(H,44,55)(H,45,58)(H,46,59)(H,47,63)(H,48,62)(H,49,60)(H,56,57)/t20-,21-,22+,23+,24-,25+,26+,31+,32+/m1/s1. The predicted molar refractivity (Wildman–Crippen MR) is 233 cm³/mol. The molecule has 368 valence electrons. The number of aliphatic hydroxyl groups excluding tert-OH is 1. The normalized spacial score (nSPS) is 27.5. The molecule has 3 rings (SSSR count). The van der Waals surface area contributed by atoms with Crippen molar-refractivity contribution in [2.75, 3.05) is 31.6 Å². The van der Waals surface area contributed by atoms with E-state index in [1.54, 1.807) is 20.1 Å². The summed E-state index contributed by atoms with van der Waals surface area (Å²) in [5, 5.41) is 37.4. The lowest BCUT2D eigenvalue weighted by molar-refractivity contribution is -0.145. The van der Waals surface area contributed by atoms with E-state index in [1.807, 2.05) is 0 Å². The Balaban J connectivity index is 2.10. The minimum absolute atomic E-state index is 0.00232. The van der Waals surface area contributed by atoms with Gasteiger partial charge in [-0.2, -0.15) is 11.8 Å². The highest BCUT2D eigenvalue weighted by atomic mass is 32.2. The van der Waals surface area contributed by atoms with Crippen molar-refractivity contribution in [3.05, 3.63) is 0 Å². The predicted octanol–water partition coefficient (Wildman–Crippen LogP) is -5.20. The van der Waals surface area contributed by atoms with Gasteiger partial charge in [-0.15, -0.1) is 0 Å². The molecule has 0 unspecified atom stereocenters. The Morgan fingerprint density at radius 1 is 0.636 bits per heavy atom. The fraction of sp³-hybridized carbons (Fsp3) is 0.700. The second kappa shape index (κ2) is 25.6. The van der Waals surface area contributed by atoms with Crippen LogP contribution < -0.4 is 48.7 Å². The van der Waals surface area contributed by atoms with Crippen LogP contribution in [0.25, 0.3) is 0 Å².